The van der Waals surface area contributed by atoms with Crippen LogP contribution in [0.25, 0.3) is 0 Å². The molecule has 0 saturated carbocycles. The van der Waals surface area contributed by atoms with E-state index in [1.807, 2.05) is 6.20 Å². The molecule has 2 unspecified atom stereocenters. The predicted octanol–water partition coefficient (Wildman–Crippen LogP) is 4.22. The molecule has 0 bridgehead atoms. The van der Waals surface area contributed by atoms with Crippen molar-refractivity contribution in [3.05, 3.63) is 65.0 Å². The highest BCUT2D eigenvalue weighted by Crippen LogP contribution is 2.35. The van der Waals surface area contributed by atoms with Crippen LogP contribution in [0.4, 0.5) is 0 Å². The van der Waals surface area contributed by atoms with Gasteiger partial charge in [-0.3, -0.25) is 4.98 Å². The largest absolute Gasteiger partial charge is 0.310 e. The average Bonchev–Trinajstić information content (AvgIpc) is 2.55. The van der Waals surface area contributed by atoms with Crippen molar-refractivity contribution < 1.29 is 0 Å². The number of aryl methyl sites for hydroxylation is 1. The standard InChI is InChI=1S/C19H24N2/c1-3-20-14(2)16-8-4-9-17(13-16)18-11-5-7-15-10-6-12-21-19(15)18/h4,6,8-10,12-14,18,20H,3,5,7,11H2,1-2H3. The Hall–Kier alpha value is -1.67. The zero-order chi connectivity index (χ0) is 14.7. The molecule has 1 aromatic heterocycles. The highest BCUT2D eigenvalue weighted by atomic mass is 14.9. The summed E-state index contributed by atoms with van der Waals surface area (Å²) in [5, 5.41) is 3.50. The second-order valence-corrected chi connectivity index (χ2v) is 5.94. The highest BCUT2D eigenvalue weighted by Gasteiger charge is 2.23. The Morgan fingerprint density at radius 1 is 1.29 bits per heavy atom. The van der Waals surface area contributed by atoms with Crippen LogP contribution in [-0.4, -0.2) is 11.5 Å². The molecule has 3 rings (SSSR count). The second kappa shape index (κ2) is 6.40. The number of rotatable bonds is 4. The number of hydrogen-bond acceptors (Lipinski definition) is 2. The third-order valence-corrected chi connectivity index (χ3v) is 4.52. The lowest BCUT2D eigenvalue weighted by Crippen LogP contribution is -2.18. The van der Waals surface area contributed by atoms with Gasteiger partial charge in [0.1, 0.15) is 0 Å². The van der Waals surface area contributed by atoms with Gasteiger partial charge in [0.2, 0.25) is 0 Å². The van der Waals surface area contributed by atoms with Crippen LogP contribution in [0, 0.1) is 0 Å². The molecule has 0 amide bonds. The summed E-state index contributed by atoms with van der Waals surface area (Å²) < 4.78 is 0. The fourth-order valence-electron chi connectivity index (χ4n) is 3.40. The summed E-state index contributed by atoms with van der Waals surface area (Å²) in [5.74, 6) is 0.462. The maximum Gasteiger partial charge on any atom is 0.0510 e. The number of nitrogens with zero attached hydrogens (tertiary/aromatic N) is 1. The summed E-state index contributed by atoms with van der Waals surface area (Å²) in [6, 6.07) is 13.7. The van der Waals surface area contributed by atoms with Crippen LogP contribution in [-0.2, 0) is 6.42 Å². The normalized spacial score (nSPS) is 19.0. The lowest BCUT2D eigenvalue weighted by Gasteiger charge is -2.25. The molecule has 0 saturated heterocycles. The predicted molar refractivity (Wildman–Crippen MR) is 87.6 cm³/mol. The van der Waals surface area contributed by atoms with Gasteiger partial charge in [0.05, 0.1) is 5.69 Å². The minimum atomic E-state index is 0.404. The Morgan fingerprint density at radius 3 is 3.05 bits per heavy atom. The van der Waals surface area contributed by atoms with Crippen molar-refractivity contribution in [2.24, 2.45) is 0 Å². The van der Waals surface area contributed by atoms with Gasteiger partial charge in [0.15, 0.2) is 0 Å². The number of aromatic nitrogens is 1. The number of benzene rings is 1. The third-order valence-electron chi connectivity index (χ3n) is 4.52. The quantitative estimate of drug-likeness (QED) is 0.907. The van der Waals surface area contributed by atoms with Crippen molar-refractivity contribution in [1.82, 2.24) is 10.3 Å². The molecule has 2 nitrogen and oxygen atoms in total. The van der Waals surface area contributed by atoms with Crippen LogP contribution in [0.15, 0.2) is 42.6 Å². The van der Waals surface area contributed by atoms with E-state index in [2.05, 4.69) is 60.5 Å². The molecule has 0 radical (unpaired) electrons. The molecule has 1 heterocycles. The van der Waals surface area contributed by atoms with E-state index in [1.54, 1.807) is 0 Å². The van der Waals surface area contributed by atoms with Gasteiger partial charge in [-0.1, -0.05) is 37.3 Å². The van der Waals surface area contributed by atoms with Gasteiger partial charge >= 0.3 is 0 Å². The van der Waals surface area contributed by atoms with Gasteiger partial charge in [-0.15, -0.1) is 0 Å². The molecule has 2 atom stereocenters. The van der Waals surface area contributed by atoms with E-state index in [9.17, 15) is 0 Å². The summed E-state index contributed by atoms with van der Waals surface area (Å²) in [4.78, 5) is 4.67. The zero-order valence-corrected chi connectivity index (χ0v) is 13.0. The molecule has 1 N–H and O–H groups in total. The summed E-state index contributed by atoms with van der Waals surface area (Å²) in [6.07, 6.45) is 5.58. The molecule has 21 heavy (non-hydrogen) atoms. The summed E-state index contributed by atoms with van der Waals surface area (Å²) >= 11 is 0. The Kier molecular flexibility index (Phi) is 4.35. The van der Waals surface area contributed by atoms with Crippen molar-refractivity contribution in [1.29, 1.82) is 0 Å². The van der Waals surface area contributed by atoms with E-state index in [-0.39, 0.29) is 0 Å². The highest BCUT2D eigenvalue weighted by molar-refractivity contribution is 5.37. The molecule has 1 aromatic carbocycles. The molecule has 0 aliphatic heterocycles. The molecular weight excluding hydrogens is 256 g/mol. The van der Waals surface area contributed by atoms with E-state index in [1.165, 1.54) is 41.6 Å². The molecule has 0 spiro atoms. The average molecular weight is 280 g/mol. The molecule has 2 heteroatoms. The van der Waals surface area contributed by atoms with Crippen LogP contribution in [0.3, 0.4) is 0 Å². The van der Waals surface area contributed by atoms with Gasteiger partial charge in [0, 0.05) is 18.2 Å². The molecule has 1 aliphatic rings. The first-order valence-corrected chi connectivity index (χ1v) is 8.06. The third kappa shape index (κ3) is 3.01. The van der Waals surface area contributed by atoms with Crippen molar-refractivity contribution in [3.63, 3.8) is 0 Å². The minimum absolute atomic E-state index is 0.404. The number of pyridine rings is 1. The Labute approximate surface area is 127 Å². The maximum absolute atomic E-state index is 4.67. The van der Waals surface area contributed by atoms with E-state index in [0.717, 1.165) is 6.54 Å². The van der Waals surface area contributed by atoms with Gasteiger partial charge in [-0.2, -0.15) is 0 Å². The van der Waals surface area contributed by atoms with E-state index in [4.69, 9.17) is 0 Å². The van der Waals surface area contributed by atoms with Crippen LogP contribution in [0.2, 0.25) is 0 Å². The summed E-state index contributed by atoms with van der Waals surface area (Å²) in [7, 11) is 0. The number of fused-ring (bicyclic) bond motifs is 1. The van der Waals surface area contributed by atoms with Crippen LogP contribution in [0.1, 0.15) is 61.0 Å². The monoisotopic (exact) mass is 280 g/mol. The first-order chi connectivity index (χ1) is 10.3. The SMILES string of the molecule is CCNC(C)c1cccc(C2CCCc3cccnc32)c1. The fourth-order valence-corrected chi connectivity index (χ4v) is 3.40. The van der Waals surface area contributed by atoms with E-state index in [0.29, 0.717) is 12.0 Å². The van der Waals surface area contributed by atoms with Crippen LogP contribution < -0.4 is 5.32 Å². The van der Waals surface area contributed by atoms with Crippen molar-refractivity contribution in [2.75, 3.05) is 6.54 Å². The van der Waals surface area contributed by atoms with Gasteiger partial charge in [0.25, 0.3) is 0 Å². The van der Waals surface area contributed by atoms with E-state index >= 15 is 0 Å². The molecule has 0 fully saturated rings. The topological polar surface area (TPSA) is 24.9 Å². The van der Waals surface area contributed by atoms with Crippen molar-refractivity contribution in [2.45, 2.75) is 45.1 Å². The Balaban J connectivity index is 1.93. The fraction of sp³-hybridized carbons (Fsp3) is 0.421. The van der Waals surface area contributed by atoms with Crippen molar-refractivity contribution >= 4 is 0 Å². The molecule has 110 valence electrons. The van der Waals surface area contributed by atoms with Crippen molar-refractivity contribution in [3.8, 4) is 0 Å². The molecular formula is C19H24N2. The Bertz CT molecular complexity index is 606. The van der Waals surface area contributed by atoms with Gasteiger partial charge in [-0.25, -0.2) is 0 Å². The van der Waals surface area contributed by atoms with Gasteiger partial charge in [-0.05, 0) is 55.5 Å². The smallest absolute Gasteiger partial charge is 0.0510 e. The maximum atomic E-state index is 4.67. The van der Waals surface area contributed by atoms with E-state index < -0.39 is 0 Å². The lowest BCUT2D eigenvalue weighted by atomic mass is 9.81. The zero-order valence-electron chi connectivity index (χ0n) is 13.0. The Morgan fingerprint density at radius 2 is 2.19 bits per heavy atom. The number of hydrogen-bond donors (Lipinski definition) is 1. The van der Waals surface area contributed by atoms with Crippen LogP contribution in [0.5, 0.6) is 0 Å². The summed E-state index contributed by atoms with van der Waals surface area (Å²) in [5.41, 5.74) is 5.50. The molecule has 1 aliphatic carbocycles. The number of nitrogens with one attached hydrogen (secondary N) is 1. The van der Waals surface area contributed by atoms with Gasteiger partial charge < -0.3 is 5.32 Å². The second-order valence-electron chi connectivity index (χ2n) is 5.94. The first-order valence-electron chi connectivity index (χ1n) is 8.06. The first kappa shape index (κ1) is 14.3. The molecule has 2 aromatic rings. The minimum Gasteiger partial charge on any atom is -0.310 e. The summed E-state index contributed by atoms with van der Waals surface area (Å²) in [6.45, 7) is 5.39. The van der Waals surface area contributed by atoms with Crippen LogP contribution >= 0.6 is 0 Å². The lowest BCUT2D eigenvalue weighted by molar-refractivity contribution is 0.585.